The highest BCUT2D eigenvalue weighted by Gasteiger charge is 2.08. The van der Waals surface area contributed by atoms with E-state index in [0.717, 1.165) is 5.69 Å². The minimum Gasteiger partial charge on any atom is -0.490 e. The molecule has 0 saturated carbocycles. The van der Waals surface area contributed by atoms with Crippen LogP contribution in [-0.4, -0.2) is 25.0 Å². The summed E-state index contributed by atoms with van der Waals surface area (Å²) in [5.74, 6) is 0.393. The number of benzene rings is 2. The molecule has 27 heavy (non-hydrogen) atoms. The molecule has 142 valence electrons. The third-order valence-electron chi connectivity index (χ3n) is 3.61. The number of nitrogens with one attached hydrogen (secondary N) is 3. The van der Waals surface area contributed by atoms with Crippen LogP contribution < -0.4 is 20.7 Å². The minimum absolute atomic E-state index is 0.0505. The van der Waals surface area contributed by atoms with Crippen LogP contribution in [0.4, 0.5) is 17.1 Å². The van der Waals surface area contributed by atoms with Gasteiger partial charge in [-0.3, -0.25) is 9.59 Å². The molecule has 0 aliphatic heterocycles. The largest absolute Gasteiger partial charge is 0.490 e. The Bertz CT molecular complexity index is 786. The molecule has 2 rings (SSSR count). The van der Waals surface area contributed by atoms with Crippen LogP contribution >= 0.6 is 0 Å². The van der Waals surface area contributed by atoms with Gasteiger partial charge in [0.1, 0.15) is 12.4 Å². The van der Waals surface area contributed by atoms with Crippen molar-refractivity contribution in [1.82, 2.24) is 0 Å². The monoisotopic (exact) mass is 367 g/mol. The predicted octanol–water partition coefficient (Wildman–Crippen LogP) is 3.90. The Morgan fingerprint density at radius 1 is 1.04 bits per heavy atom. The fraction of sp³-hybridized carbons (Fsp3) is 0.238. The summed E-state index contributed by atoms with van der Waals surface area (Å²) in [5.41, 5.74) is 2.12. The van der Waals surface area contributed by atoms with E-state index >= 15 is 0 Å². The quantitative estimate of drug-likeness (QED) is 0.587. The molecule has 0 fully saturated rings. The van der Waals surface area contributed by atoms with E-state index in [-0.39, 0.29) is 24.3 Å². The molecule has 6 nitrogen and oxygen atoms in total. The van der Waals surface area contributed by atoms with Crippen LogP contribution in [0.25, 0.3) is 0 Å². The highest BCUT2D eigenvalue weighted by Crippen LogP contribution is 2.17. The molecule has 0 bridgehead atoms. The maximum absolute atomic E-state index is 12.1. The number of anilines is 3. The molecule has 0 unspecified atom stereocenters. The molecule has 0 atom stereocenters. The van der Waals surface area contributed by atoms with E-state index in [1.165, 1.54) is 0 Å². The molecular weight excluding hydrogens is 342 g/mol. The van der Waals surface area contributed by atoms with Gasteiger partial charge in [0.15, 0.2) is 0 Å². The van der Waals surface area contributed by atoms with Crippen molar-refractivity contribution >= 4 is 28.9 Å². The number of rotatable bonds is 9. The van der Waals surface area contributed by atoms with Crippen LogP contribution in [-0.2, 0) is 9.59 Å². The molecule has 2 amide bonds. The first-order valence-corrected chi connectivity index (χ1v) is 8.76. The van der Waals surface area contributed by atoms with Gasteiger partial charge in [0.25, 0.3) is 0 Å². The summed E-state index contributed by atoms with van der Waals surface area (Å²) in [7, 11) is 0. The maximum Gasteiger partial charge on any atom is 0.243 e. The predicted molar refractivity (Wildman–Crippen MR) is 109 cm³/mol. The van der Waals surface area contributed by atoms with E-state index in [1.54, 1.807) is 36.4 Å². The highest BCUT2D eigenvalue weighted by atomic mass is 16.5. The van der Waals surface area contributed by atoms with Gasteiger partial charge < -0.3 is 20.7 Å². The van der Waals surface area contributed by atoms with Crippen LogP contribution in [0, 0.1) is 5.92 Å². The van der Waals surface area contributed by atoms with Crippen molar-refractivity contribution < 1.29 is 14.3 Å². The Morgan fingerprint density at radius 2 is 1.74 bits per heavy atom. The van der Waals surface area contributed by atoms with Crippen molar-refractivity contribution in [2.75, 3.05) is 29.1 Å². The second-order valence-electron chi connectivity index (χ2n) is 6.25. The first kappa shape index (κ1) is 20.0. The molecule has 0 aromatic heterocycles. The summed E-state index contributed by atoms with van der Waals surface area (Å²) in [5, 5.41) is 8.69. The Balaban J connectivity index is 1.84. The van der Waals surface area contributed by atoms with Crippen molar-refractivity contribution in [2.45, 2.75) is 13.8 Å². The zero-order valence-electron chi connectivity index (χ0n) is 15.6. The molecular formula is C21H25N3O3. The lowest BCUT2D eigenvalue weighted by Crippen LogP contribution is -2.22. The first-order chi connectivity index (χ1) is 13.0. The fourth-order valence-electron chi connectivity index (χ4n) is 2.17. The Hall–Kier alpha value is -3.28. The van der Waals surface area contributed by atoms with E-state index in [2.05, 4.69) is 22.5 Å². The molecule has 0 saturated heterocycles. The molecule has 2 aromatic carbocycles. The molecule has 2 aromatic rings. The SMILES string of the molecule is C=CCOc1ccc(NC(=O)CNc2cccc(NC(=O)C(C)C)c2)cc1. The first-order valence-electron chi connectivity index (χ1n) is 8.76. The van der Waals surface area contributed by atoms with Crippen molar-refractivity contribution in [3.8, 4) is 5.75 Å². The number of hydrogen-bond donors (Lipinski definition) is 3. The maximum atomic E-state index is 12.1. The van der Waals surface area contributed by atoms with Crippen molar-refractivity contribution in [3.05, 3.63) is 61.2 Å². The summed E-state index contributed by atoms with van der Waals surface area (Å²) in [6, 6.07) is 14.4. The topological polar surface area (TPSA) is 79.5 Å². The molecule has 0 spiro atoms. The number of amides is 2. The fourth-order valence-corrected chi connectivity index (χ4v) is 2.17. The lowest BCUT2D eigenvalue weighted by atomic mass is 10.2. The van der Waals surface area contributed by atoms with E-state index in [0.29, 0.717) is 23.7 Å². The van der Waals surface area contributed by atoms with E-state index in [4.69, 9.17) is 4.74 Å². The van der Waals surface area contributed by atoms with Gasteiger partial charge in [-0.25, -0.2) is 0 Å². The van der Waals surface area contributed by atoms with Crippen molar-refractivity contribution in [1.29, 1.82) is 0 Å². The number of hydrogen-bond acceptors (Lipinski definition) is 4. The van der Waals surface area contributed by atoms with Crippen LogP contribution in [0.3, 0.4) is 0 Å². The third-order valence-corrected chi connectivity index (χ3v) is 3.61. The molecule has 0 aliphatic carbocycles. The van der Waals surface area contributed by atoms with E-state index in [1.807, 2.05) is 32.0 Å². The Labute approximate surface area is 159 Å². The molecule has 6 heteroatoms. The van der Waals surface area contributed by atoms with Gasteiger partial charge in [-0.05, 0) is 42.5 Å². The summed E-state index contributed by atoms with van der Waals surface area (Å²) >= 11 is 0. The van der Waals surface area contributed by atoms with Crippen LogP contribution in [0.2, 0.25) is 0 Å². The number of carbonyl (C=O) groups is 2. The standard InChI is InChI=1S/C21H25N3O3/c1-4-12-27-19-10-8-16(9-11-19)23-20(25)14-22-17-6-5-7-18(13-17)24-21(26)15(2)3/h4-11,13,15,22H,1,12,14H2,2-3H3,(H,23,25)(H,24,26). The van der Waals surface area contributed by atoms with Crippen LogP contribution in [0.1, 0.15) is 13.8 Å². The van der Waals surface area contributed by atoms with Crippen molar-refractivity contribution in [2.24, 2.45) is 5.92 Å². The summed E-state index contributed by atoms with van der Waals surface area (Å²) < 4.78 is 5.40. The van der Waals surface area contributed by atoms with Gasteiger partial charge in [0, 0.05) is 23.0 Å². The average Bonchev–Trinajstić information content (AvgIpc) is 2.66. The van der Waals surface area contributed by atoms with Gasteiger partial charge >= 0.3 is 0 Å². The summed E-state index contributed by atoms with van der Waals surface area (Å²) in [4.78, 5) is 23.9. The van der Waals surface area contributed by atoms with E-state index in [9.17, 15) is 9.59 Å². The lowest BCUT2D eigenvalue weighted by Gasteiger charge is -2.11. The second kappa shape index (κ2) is 10.0. The zero-order valence-corrected chi connectivity index (χ0v) is 15.6. The summed E-state index contributed by atoms with van der Waals surface area (Å²) in [6.45, 7) is 7.81. The van der Waals surface area contributed by atoms with Crippen molar-refractivity contribution in [3.63, 3.8) is 0 Å². The lowest BCUT2D eigenvalue weighted by molar-refractivity contribution is -0.119. The number of carbonyl (C=O) groups excluding carboxylic acids is 2. The Kier molecular flexibility index (Phi) is 7.43. The highest BCUT2D eigenvalue weighted by molar-refractivity contribution is 5.94. The number of ether oxygens (including phenoxy) is 1. The van der Waals surface area contributed by atoms with Crippen LogP contribution in [0.15, 0.2) is 61.2 Å². The third kappa shape index (κ3) is 6.86. The van der Waals surface area contributed by atoms with Crippen LogP contribution in [0.5, 0.6) is 5.75 Å². The molecule has 0 heterocycles. The molecule has 0 radical (unpaired) electrons. The zero-order chi connectivity index (χ0) is 19.6. The van der Waals surface area contributed by atoms with Gasteiger partial charge in [-0.2, -0.15) is 0 Å². The summed E-state index contributed by atoms with van der Waals surface area (Å²) in [6.07, 6.45) is 1.67. The normalized spacial score (nSPS) is 10.2. The second-order valence-corrected chi connectivity index (χ2v) is 6.25. The average molecular weight is 367 g/mol. The minimum atomic E-state index is -0.175. The molecule has 3 N–H and O–H groups in total. The smallest absolute Gasteiger partial charge is 0.243 e. The molecule has 0 aliphatic rings. The van der Waals surface area contributed by atoms with Gasteiger partial charge in [0.2, 0.25) is 11.8 Å². The van der Waals surface area contributed by atoms with Gasteiger partial charge in [-0.15, -0.1) is 0 Å². The van der Waals surface area contributed by atoms with Gasteiger partial charge in [0.05, 0.1) is 6.54 Å². The van der Waals surface area contributed by atoms with Gasteiger partial charge in [-0.1, -0.05) is 32.6 Å². The Morgan fingerprint density at radius 3 is 2.41 bits per heavy atom. The van der Waals surface area contributed by atoms with E-state index < -0.39 is 0 Å².